The van der Waals surface area contributed by atoms with Crippen LogP contribution in [-0.4, -0.2) is 40.9 Å². The number of amides is 2. The number of nitrogens with zero attached hydrogens (tertiary/aromatic N) is 2. The summed E-state index contributed by atoms with van der Waals surface area (Å²) >= 11 is 6.97. The van der Waals surface area contributed by atoms with Crippen molar-refractivity contribution in [1.29, 1.82) is 0 Å². The maximum absolute atomic E-state index is 11.6. The van der Waals surface area contributed by atoms with Crippen LogP contribution >= 0.6 is 23.4 Å². The molecule has 0 bridgehead atoms. The number of hydrogen-bond acceptors (Lipinski definition) is 6. The van der Waals surface area contributed by atoms with Crippen LogP contribution in [0.1, 0.15) is 6.92 Å². The van der Waals surface area contributed by atoms with E-state index in [1.165, 1.54) is 6.92 Å². The van der Waals surface area contributed by atoms with Crippen molar-refractivity contribution in [2.45, 2.75) is 12.1 Å². The number of aromatic nitrogens is 2. The molecule has 0 aliphatic carbocycles. The Kier molecular flexibility index (Phi) is 6.42. The van der Waals surface area contributed by atoms with Gasteiger partial charge in [0.15, 0.2) is 0 Å². The number of halogens is 1. The van der Waals surface area contributed by atoms with E-state index in [0.717, 1.165) is 17.3 Å². The molecular weight excluding hydrogens is 340 g/mol. The molecule has 0 aliphatic rings. The Balaban J connectivity index is 1.77. The van der Waals surface area contributed by atoms with Crippen LogP contribution in [0, 0.1) is 0 Å². The topological polar surface area (TPSA) is 97.1 Å². The number of carbonyl (C=O) groups excluding carboxylic acids is 2. The first kappa shape index (κ1) is 17.3. The molecule has 1 aromatic heterocycles. The van der Waals surface area contributed by atoms with Crippen LogP contribution in [-0.2, 0) is 9.59 Å². The van der Waals surface area contributed by atoms with Crippen LogP contribution in [0.15, 0.2) is 33.9 Å². The minimum atomic E-state index is -0.174. The summed E-state index contributed by atoms with van der Waals surface area (Å²) < 4.78 is 5.48. The Hall–Kier alpha value is -2.06. The molecule has 1 heterocycles. The standard InChI is InChI=1S/C14H15ClN4O3S/c1-9(20)16-6-7-17-12(21)8-23-14-19-18-13(22-14)10-2-4-11(15)5-3-10/h2-5H,6-8H2,1H3,(H,16,20)(H,17,21). The predicted octanol–water partition coefficient (Wildman–Crippen LogP) is 1.73. The Morgan fingerprint density at radius 2 is 1.87 bits per heavy atom. The lowest BCUT2D eigenvalue weighted by Gasteiger charge is -2.04. The van der Waals surface area contributed by atoms with E-state index >= 15 is 0 Å². The molecule has 2 amide bonds. The van der Waals surface area contributed by atoms with Gasteiger partial charge in [-0.3, -0.25) is 9.59 Å². The third-order valence-electron chi connectivity index (χ3n) is 2.65. The Morgan fingerprint density at radius 3 is 2.57 bits per heavy atom. The lowest BCUT2D eigenvalue weighted by Crippen LogP contribution is -2.34. The van der Waals surface area contributed by atoms with E-state index in [-0.39, 0.29) is 17.6 Å². The van der Waals surface area contributed by atoms with Crippen molar-refractivity contribution in [3.05, 3.63) is 29.3 Å². The van der Waals surface area contributed by atoms with Crippen LogP contribution in [0.3, 0.4) is 0 Å². The lowest BCUT2D eigenvalue weighted by molar-refractivity contribution is -0.120. The van der Waals surface area contributed by atoms with E-state index < -0.39 is 0 Å². The molecule has 2 rings (SSSR count). The molecule has 0 saturated carbocycles. The molecule has 1 aromatic carbocycles. The van der Waals surface area contributed by atoms with E-state index in [0.29, 0.717) is 29.2 Å². The highest BCUT2D eigenvalue weighted by atomic mass is 35.5. The second-order valence-electron chi connectivity index (χ2n) is 4.50. The first-order valence-corrected chi connectivity index (χ1v) is 8.14. The fourth-order valence-electron chi connectivity index (χ4n) is 1.60. The summed E-state index contributed by atoms with van der Waals surface area (Å²) in [7, 11) is 0. The predicted molar refractivity (Wildman–Crippen MR) is 87.2 cm³/mol. The first-order chi connectivity index (χ1) is 11.0. The molecule has 2 N–H and O–H groups in total. The van der Waals surface area contributed by atoms with E-state index in [1.54, 1.807) is 24.3 Å². The summed E-state index contributed by atoms with van der Waals surface area (Å²) in [5, 5.41) is 14.0. The van der Waals surface area contributed by atoms with Crippen molar-refractivity contribution in [1.82, 2.24) is 20.8 Å². The Bertz CT molecular complexity index is 675. The molecule has 7 nitrogen and oxygen atoms in total. The van der Waals surface area contributed by atoms with Crippen LogP contribution in [0.4, 0.5) is 0 Å². The van der Waals surface area contributed by atoms with Gasteiger partial charge in [0.1, 0.15) is 0 Å². The fraction of sp³-hybridized carbons (Fsp3) is 0.286. The van der Waals surface area contributed by atoms with Crippen LogP contribution in [0.5, 0.6) is 0 Å². The van der Waals surface area contributed by atoms with Crippen molar-refractivity contribution >= 4 is 35.2 Å². The van der Waals surface area contributed by atoms with Gasteiger partial charge < -0.3 is 15.1 Å². The summed E-state index contributed by atoms with van der Waals surface area (Å²) in [6, 6.07) is 7.02. The van der Waals surface area contributed by atoms with Gasteiger partial charge in [-0.15, -0.1) is 10.2 Å². The average molecular weight is 355 g/mol. The number of benzene rings is 1. The number of carbonyl (C=O) groups is 2. The largest absolute Gasteiger partial charge is 0.411 e. The molecule has 0 spiro atoms. The Morgan fingerprint density at radius 1 is 1.17 bits per heavy atom. The molecular formula is C14H15ClN4O3S. The molecule has 0 saturated heterocycles. The monoisotopic (exact) mass is 354 g/mol. The van der Waals surface area contributed by atoms with Gasteiger partial charge in [-0.1, -0.05) is 23.4 Å². The smallest absolute Gasteiger partial charge is 0.277 e. The zero-order valence-corrected chi connectivity index (χ0v) is 13.9. The fourth-order valence-corrected chi connectivity index (χ4v) is 2.32. The molecule has 2 aromatic rings. The van der Waals surface area contributed by atoms with Gasteiger partial charge in [0.05, 0.1) is 5.75 Å². The van der Waals surface area contributed by atoms with Gasteiger partial charge in [0, 0.05) is 30.6 Å². The summed E-state index contributed by atoms with van der Waals surface area (Å²) in [5.74, 6) is 0.221. The van der Waals surface area contributed by atoms with Gasteiger partial charge in [-0.2, -0.15) is 0 Å². The van der Waals surface area contributed by atoms with E-state index in [2.05, 4.69) is 20.8 Å². The first-order valence-electron chi connectivity index (χ1n) is 6.78. The summed E-state index contributed by atoms with van der Waals surface area (Å²) in [6.07, 6.45) is 0. The third-order valence-corrected chi connectivity index (χ3v) is 3.72. The minimum absolute atomic E-state index is 0.130. The Labute approximate surface area is 142 Å². The maximum Gasteiger partial charge on any atom is 0.277 e. The lowest BCUT2D eigenvalue weighted by atomic mass is 10.2. The van der Waals surface area contributed by atoms with Gasteiger partial charge in [-0.25, -0.2) is 0 Å². The van der Waals surface area contributed by atoms with Gasteiger partial charge >= 0.3 is 0 Å². The van der Waals surface area contributed by atoms with Crippen molar-refractivity contribution < 1.29 is 14.0 Å². The number of rotatable bonds is 7. The second kappa shape index (κ2) is 8.54. The zero-order valence-electron chi connectivity index (χ0n) is 12.3. The van der Waals surface area contributed by atoms with Crippen LogP contribution < -0.4 is 10.6 Å². The highest BCUT2D eigenvalue weighted by molar-refractivity contribution is 7.99. The van der Waals surface area contributed by atoms with E-state index in [9.17, 15) is 9.59 Å². The molecule has 0 atom stereocenters. The zero-order chi connectivity index (χ0) is 16.7. The molecule has 23 heavy (non-hydrogen) atoms. The minimum Gasteiger partial charge on any atom is -0.411 e. The molecule has 0 unspecified atom stereocenters. The third kappa shape index (κ3) is 5.91. The molecule has 122 valence electrons. The van der Waals surface area contributed by atoms with Crippen molar-refractivity contribution in [2.75, 3.05) is 18.8 Å². The quantitative estimate of drug-likeness (QED) is 0.580. The summed E-state index contributed by atoms with van der Waals surface area (Å²) in [5.41, 5.74) is 0.758. The van der Waals surface area contributed by atoms with Crippen molar-refractivity contribution in [2.24, 2.45) is 0 Å². The van der Waals surface area contributed by atoms with Gasteiger partial charge in [0.2, 0.25) is 17.7 Å². The van der Waals surface area contributed by atoms with Gasteiger partial charge in [-0.05, 0) is 24.3 Å². The number of hydrogen-bond donors (Lipinski definition) is 2. The van der Waals surface area contributed by atoms with E-state index in [1.807, 2.05) is 0 Å². The van der Waals surface area contributed by atoms with Crippen molar-refractivity contribution in [3.8, 4) is 11.5 Å². The molecule has 9 heteroatoms. The highest BCUT2D eigenvalue weighted by Gasteiger charge is 2.11. The average Bonchev–Trinajstić information content (AvgIpc) is 2.99. The SMILES string of the molecule is CC(=O)NCCNC(=O)CSc1nnc(-c2ccc(Cl)cc2)o1. The van der Waals surface area contributed by atoms with Crippen molar-refractivity contribution in [3.63, 3.8) is 0 Å². The number of thioether (sulfide) groups is 1. The second-order valence-corrected chi connectivity index (χ2v) is 5.86. The number of nitrogens with one attached hydrogen (secondary N) is 2. The van der Waals surface area contributed by atoms with Gasteiger partial charge in [0.25, 0.3) is 5.22 Å². The normalized spacial score (nSPS) is 10.3. The summed E-state index contributed by atoms with van der Waals surface area (Å²) in [4.78, 5) is 22.3. The molecule has 0 radical (unpaired) electrons. The van der Waals surface area contributed by atoms with E-state index in [4.69, 9.17) is 16.0 Å². The maximum atomic E-state index is 11.6. The molecule has 0 aliphatic heterocycles. The summed E-state index contributed by atoms with van der Waals surface area (Å²) in [6.45, 7) is 2.19. The van der Waals surface area contributed by atoms with Crippen LogP contribution in [0.25, 0.3) is 11.5 Å². The van der Waals surface area contributed by atoms with Crippen LogP contribution in [0.2, 0.25) is 5.02 Å². The highest BCUT2D eigenvalue weighted by Crippen LogP contribution is 2.24. The molecule has 0 fully saturated rings.